The molecule has 0 aliphatic heterocycles. The Morgan fingerprint density at radius 2 is 2.00 bits per heavy atom. The summed E-state index contributed by atoms with van der Waals surface area (Å²) in [5.41, 5.74) is 0. The largest absolute Gasteiger partial charge is 0.395 e. The van der Waals surface area contributed by atoms with E-state index in [-0.39, 0.29) is 18.6 Å². The number of nitrogens with one attached hydrogen (secondary N) is 1. The highest BCUT2D eigenvalue weighted by atomic mass is 16.3. The molecule has 0 spiro atoms. The van der Waals surface area contributed by atoms with Gasteiger partial charge in [-0.05, 0) is 38.5 Å². The first-order chi connectivity index (χ1) is 9.02. The average Bonchev–Trinajstić information content (AvgIpc) is 2.24. The lowest BCUT2D eigenvalue weighted by molar-refractivity contribution is -0.124. The van der Waals surface area contributed by atoms with Crippen molar-refractivity contribution in [3.05, 3.63) is 0 Å². The Bertz CT molecular complexity index is 265. The van der Waals surface area contributed by atoms with Crippen LogP contribution in [0.3, 0.4) is 0 Å². The Labute approximate surface area is 117 Å². The lowest BCUT2D eigenvalue weighted by Crippen LogP contribution is -2.48. The summed E-state index contributed by atoms with van der Waals surface area (Å²) in [6.45, 7) is 7.64. The lowest BCUT2D eigenvalue weighted by atomic mass is 9.91. The van der Waals surface area contributed by atoms with Gasteiger partial charge in [0.1, 0.15) is 0 Å². The molecule has 112 valence electrons. The molecule has 4 nitrogen and oxygen atoms in total. The second-order valence-corrected chi connectivity index (χ2v) is 6.22. The van der Waals surface area contributed by atoms with Crippen molar-refractivity contribution in [1.82, 2.24) is 10.2 Å². The van der Waals surface area contributed by atoms with Crippen LogP contribution < -0.4 is 5.32 Å². The molecule has 1 saturated carbocycles. The van der Waals surface area contributed by atoms with Gasteiger partial charge in [-0.1, -0.05) is 20.3 Å². The number of hydrogen-bond acceptors (Lipinski definition) is 3. The molecule has 19 heavy (non-hydrogen) atoms. The smallest absolute Gasteiger partial charge is 0.234 e. The molecular formula is C15H30N2O2. The number of aliphatic hydroxyl groups is 1. The first kappa shape index (κ1) is 16.4. The van der Waals surface area contributed by atoms with Crippen LogP contribution in [0.4, 0.5) is 0 Å². The number of hydrogen-bond donors (Lipinski definition) is 2. The Morgan fingerprint density at radius 3 is 2.47 bits per heavy atom. The van der Waals surface area contributed by atoms with Crippen molar-refractivity contribution in [2.24, 2.45) is 5.92 Å². The molecule has 1 aliphatic carbocycles. The fourth-order valence-corrected chi connectivity index (χ4v) is 2.43. The fraction of sp³-hybridized carbons (Fsp3) is 0.933. The first-order valence-corrected chi connectivity index (χ1v) is 7.67. The molecule has 0 aromatic rings. The third-order valence-electron chi connectivity index (χ3n) is 3.91. The molecular weight excluding hydrogens is 240 g/mol. The number of amides is 1. The van der Waals surface area contributed by atoms with Crippen LogP contribution in [-0.4, -0.2) is 47.7 Å². The molecule has 1 unspecified atom stereocenters. The van der Waals surface area contributed by atoms with Gasteiger partial charge in [0.25, 0.3) is 0 Å². The highest BCUT2D eigenvalue weighted by Gasteiger charge is 2.26. The number of carbonyl (C=O) groups is 1. The molecule has 0 aromatic carbocycles. The van der Waals surface area contributed by atoms with Crippen LogP contribution in [-0.2, 0) is 4.79 Å². The quantitative estimate of drug-likeness (QED) is 0.671. The van der Waals surface area contributed by atoms with Gasteiger partial charge >= 0.3 is 0 Å². The summed E-state index contributed by atoms with van der Waals surface area (Å²) in [7, 11) is 0. The summed E-state index contributed by atoms with van der Waals surface area (Å²) in [6, 6.07) is 0.746. The minimum Gasteiger partial charge on any atom is -0.395 e. The van der Waals surface area contributed by atoms with Gasteiger partial charge in [0.15, 0.2) is 0 Å². The van der Waals surface area contributed by atoms with Crippen molar-refractivity contribution in [2.75, 3.05) is 19.7 Å². The predicted molar refractivity (Wildman–Crippen MR) is 78.0 cm³/mol. The molecule has 2 N–H and O–H groups in total. The Balaban J connectivity index is 2.27. The predicted octanol–water partition coefficient (Wildman–Crippen LogP) is 1.77. The number of carbonyl (C=O) groups excluding carboxylic acids is 1. The molecule has 1 rings (SSSR count). The summed E-state index contributed by atoms with van der Waals surface area (Å²) in [6.07, 6.45) is 5.75. The van der Waals surface area contributed by atoms with Crippen LogP contribution in [0.15, 0.2) is 0 Å². The van der Waals surface area contributed by atoms with Crippen LogP contribution in [0.25, 0.3) is 0 Å². The first-order valence-electron chi connectivity index (χ1n) is 7.67. The number of nitrogens with zero attached hydrogens (tertiary/aromatic N) is 1. The highest BCUT2D eigenvalue weighted by Crippen LogP contribution is 2.24. The van der Waals surface area contributed by atoms with Crippen LogP contribution >= 0.6 is 0 Å². The second kappa shape index (κ2) is 8.54. The van der Waals surface area contributed by atoms with Gasteiger partial charge in [0, 0.05) is 18.6 Å². The monoisotopic (exact) mass is 270 g/mol. The molecule has 4 heteroatoms. The third kappa shape index (κ3) is 6.39. The summed E-state index contributed by atoms with van der Waals surface area (Å²) in [5.74, 6) is 0.775. The fourth-order valence-electron chi connectivity index (χ4n) is 2.43. The molecule has 0 radical (unpaired) electrons. The normalized spacial score (nSPS) is 17.6. The van der Waals surface area contributed by atoms with Gasteiger partial charge < -0.3 is 10.4 Å². The van der Waals surface area contributed by atoms with Gasteiger partial charge in [0.05, 0.1) is 13.2 Å². The van der Waals surface area contributed by atoms with Gasteiger partial charge in [-0.15, -0.1) is 0 Å². The summed E-state index contributed by atoms with van der Waals surface area (Å²) < 4.78 is 0. The van der Waals surface area contributed by atoms with E-state index in [1.54, 1.807) is 0 Å². The molecule has 1 amide bonds. The van der Waals surface area contributed by atoms with Crippen molar-refractivity contribution >= 4 is 5.91 Å². The zero-order valence-corrected chi connectivity index (χ0v) is 12.7. The standard InChI is InChI=1S/C15H30N2O2/c1-12(2)7-8-13(3)16-15(19)11-17(9-10-18)14-5-4-6-14/h12-14,18H,4-11H2,1-3H3,(H,16,19). The van der Waals surface area contributed by atoms with E-state index in [1.807, 2.05) is 0 Å². The van der Waals surface area contributed by atoms with Crippen molar-refractivity contribution in [2.45, 2.75) is 65.0 Å². The molecule has 1 fully saturated rings. The maximum absolute atomic E-state index is 12.0. The van der Waals surface area contributed by atoms with Crippen molar-refractivity contribution in [1.29, 1.82) is 0 Å². The highest BCUT2D eigenvalue weighted by molar-refractivity contribution is 5.78. The molecule has 0 aromatic heterocycles. The minimum atomic E-state index is 0.0941. The van der Waals surface area contributed by atoms with E-state index in [0.29, 0.717) is 25.0 Å². The summed E-state index contributed by atoms with van der Waals surface area (Å²) >= 11 is 0. The Morgan fingerprint density at radius 1 is 1.32 bits per heavy atom. The van der Waals surface area contributed by atoms with E-state index in [4.69, 9.17) is 5.11 Å². The SMILES string of the molecule is CC(C)CCC(C)NC(=O)CN(CCO)C1CCC1. The maximum Gasteiger partial charge on any atom is 0.234 e. The van der Waals surface area contributed by atoms with E-state index in [2.05, 4.69) is 31.0 Å². The Hall–Kier alpha value is -0.610. The molecule has 0 bridgehead atoms. The van der Waals surface area contributed by atoms with Gasteiger partial charge in [-0.2, -0.15) is 0 Å². The third-order valence-corrected chi connectivity index (χ3v) is 3.91. The van der Waals surface area contributed by atoms with Crippen molar-refractivity contribution < 1.29 is 9.90 Å². The van der Waals surface area contributed by atoms with E-state index in [9.17, 15) is 4.79 Å². The van der Waals surface area contributed by atoms with Crippen molar-refractivity contribution in [3.63, 3.8) is 0 Å². The zero-order chi connectivity index (χ0) is 14.3. The van der Waals surface area contributed by atoms with E-state index in [0.717, 1.165) is 25.7 Å². The van der Waals surface area contributed by atoms with Crippen LogP contribution in [0.2, 0.25) is 0 Å². The van der Waals surface area contributed by atoms with Gasteiger partial charge in [-0.25, -0.2) is 0 Å². The summed E-state index contributed by atoms with van der Waals surface area (Å²) in [5, 5.41) is 12.1. The van der Waals surface area contributed by atoms with Crippen LogP contribution in [0.5, 0.6) is 0 Å². The van der Waals surface area contributed by atoms with E-state index >= 15 is 0 Å². The molecule has 1 atom stereocenters. The molecule has 0 heterocycles. The van der Waals surface area contributed by atoms with Crippen LogP contribution in [0.1, 0.15) is 52.9 Å². The maximum atomic E-state index is 12.0. The van der Waals surface area contributed by atoms with Gasteiger partial charge in [-0.3, -0.25) is 9.69 Å². The lowest BCUT2D eigenvalue weighted by Gasteiger charge is -2.36. The minimum absolute atomic E-state index is 0.0941. The zero-order valence-electron chi connectivity index (χ0n) is 12.7. The molecule has 0 saturated heterocycles. The summed E-state index contributed by atoms with van der Waals surface area (Å²) in [4.78, 5) is 14.1. The topological polar surface area (TPSA) is 52.6 Å². The number of rotatable bonds is 9. The second-order valence-electron chi connectivity index (χ2n) is 6.22. The number of aliphatic hydroxyl groups excluding tert-OH is 1. The van der Waals surface area contributed by atoms with Crippen LogP contribution in [0, 0.1) is 5.92 Å². The van der Waals surface area contributed by atoms with Crippen molar-refractivity contribution in [3.8, 4) is 0 Å². The van der Waals surface area contributed by atoms with E-state index < -0.39 is 0 Å². The molecule has 1 aliphatic rings. The van der Waals surface area contributed by atoms with E-state index in [1.165, 1.54) is 6.42 Å². The van der Waals surface area contributed by atoms with Gasteiger partial charge in [0.2, 0.25) is 5.91 Å². The average molecular weight is 270 g/mol. The Kier molecular flexibility index (Phi) is 7.39.